The van der Waals surface area contributed by atoms with Gasteiger partial charge in [-0.1, -0.05) is 30.3 Å². The first-order valence-corrected chi connectivity index (χ1v) is 5.85. The maximum absolute atomic E-state index is 11.6. The maximum Gasteiger partial charge on any atom is 0.333 e. The van der Waals surface area contributed by atoms with Crippen LogP contribution < -0.4 is 5.32 Å². The second-order valence-electron chi connectivity index (χ2n) is 4.32. The molecule has 2 rings (SSSR count). The number of carboxylic acids is 1. The van der Waals surface area contributed by atoms with Gasteiger partial charge in [-0.25, -0.2) is 14.8 Å². The number of hydrogen-bond donors (Lipinski definition) is 2. The Balaban J connectivity index is 2.35. The third kappa shape index (κ3) is 2.57. The molecule has 0 radical (unpaired) electrons. The molecule has 1 aromatic heterocycles. The fourth-order valence-corrected chi connectivity index (χ4v) is 1.73. The van der Waals surface area contributed by atoms with E-state index in [0.717, 1.165) is 0 Å². The van der Waals surface area contributed by atoms with Crippen molar-refractivity contribution in [2.75, 3.05) is 5.32 Å². The van der Waals surface area contributed by atoms with E-state index in [1.54, 1.807) is 31.2 Å². The minimum absolute atomic E-state index is 0.173. The molecule has 0 aliphatic heterocycles. The number of nitrogens with zero attached hydrogens (tertiary/aromatic N) is 3. The van der Waals surface area contributed by atoms with Crippen LogP contribution in [0.25, 0.3) is 0 Å². The second kappa shape index (κ2) is 5.36. The number of rotatable bonds is 4. The summed E-state index contributed by atoms with van der Waals surface area (Å²) in [5, 5.41) is 21.0. The van der Waals surface area contributed by atoms with Crippen molar-refractivity contribution < 1.29 is 9.90 Å². The molecule has 1 unspecified atom stereocenters. The molecule has 0 spiro atoms. The molecular weight excluding hydrogens is 256 g/mol. The highest BCUT2D eigenvalue weighted by Crippen LogP contribution is 2.25. The highest BCUT2D eigenvalue weighted by Gasteiger charge is 2.35. The molecule has 0 bridgehead atoms. The van der Waals surface area contributed by atoms with Gasteiger partial charge in [-0.05, 0) is 12.5 Å². The molecule has 1 atom stereocenters. The molecule has 20 heavy (non-hydrogen) atoms. The van der Waals surface area contributed by atoms with E-state index in [0.29, 0.717) is 5.56 Å². The molecular formula is C14H12N4O2. The summed E-state index contributed by atoms with van der Waals surface area (Å²) < 4.78 is 0. The molecule has 0 saturated heterocycles. The van der Waals surface area contributed by atoms with Crippen LogP contribution in [0.4, 0.5) is 5.82 Å². The maximum atomic E-state index is 11.6. The molecule has 2 N–H and O–H groups in total. The number of benzene rings is 1. The van der Waals surface area contributed by atoms with Gasteiger partial charge >= 0.3 is 5.97 Å². The zero-order chi connectivity index (χ0) is 14.6. The molecule has 6 nitrogen and oxygen atoms in total. The molecule has 0 aliphatic rings. The molecule has 100 valence electrons. The van der Waals surface area contributed by atoms with Crippen LogP contribution in [-0.4, -0.2) is 21.0 Å². The number of nitriles is 1. The van der Waals surface area contributed by atoms with Crippen LogP contribution in [0, 0.1) is 11.3 Å². The number of carbonyl (C=O) groups is 1. The van der Waals surface area contributed by atoms with E-state index in [-0.39, 0.29) is 11.5 Å². The van der Waals surface area contributed by atoms with Crippen LogP contribution >= 0.6 is 0 Å². The molecule has 0 aliphatic carbocycles. The predicted molar refractivity (Wildman–Crippen MR) is 71.8 cm³/mol. The molecule has 0 saturated carbocycles. The molecule has 0 fully saturated rings. The Kier molecular flexibility index (Phi) is 3.62. The lowest BCUT2D eigenvalue weighted by molar-refractivity contribution is -0.142. The Hall–Kier alpha value is -2.94. The third-order valence-corrected chi connectivity index (χ3v) is 2.92. The molecule has 1 heterocycles. The summed E-state index contributed by atoms with van der Waals surface area (Å²) in [7, 11) is 0. The van der Waals surface area contributed by atoms with Crippen molar-refractivity contribution in [2.24, 2.45) is 0 Å². The summed E-state index contributed by atoms with van der Waals surface area (Å²) in [4.78, 5) is 19.4. The number of hydrogen-bond acceptors (Lipinski definition) is 5. The van der Waals surface area contributed by atoms with E-state index < -0.39 is 11.5 Å². The average Bonchev–Trinajstić information content (AvgIpc) is 2.48. The van der Waals surface area contributed by atoms with Gasteiger partial charge < -0.3 is 10.4 Å². The van der Waals surface area contributed by atoms with E-state index in [4.69, 9.17) is 5.26 Å². The van der Waals surface area contributed by atoms with Gasteiger partial charge in [-0.2, -0.15) is 5.26 Å². The van der Waals surface area contributed by atoms with E-state index in [2.05, 4.69) is 15.3 Å². The lowest BCUT2D eigenvalue weighted by Crippen LogP contribution is -2.40. The molecule has 0 amide bonds. The number of aromatic nitrogens is 2. The highest BCUT2D eigenvalue weighted by molar-refractivity contribution is 5.83. The van der Waals surface area contributed by atoms with Crippen LogP contribution in [0.3, 0.4) is 0 Å². The van der Waals surface area contributed by atoms with Gasteiger partial charge in [0.15, 0.2) is 11.2 Å². The summed E-state index contributed by atoms with van der Waals surface area (Å²) in [6.45, 7) is 1.55. The summed E-state index contributed by atoms with van der Waals surface area (Å²) >= 11 is 0. The number of anilines is 1. The van der Waals surface area contributed by atoms with Crippen LogP contribution in [0.2, 0.25) is 0 Å². The minimum atomic E-state index is -1.33. The van der Waals surface area contributed by atoms with E-state index in [1.807, 2.05) is 12.1 Å². The molecule has 1 aromatic carbocycles. The van der Waals surface area contributed by atoms with Crippen molar-refractivity contribution >= 4 is 11.8 Å². The summed E-state index contributed by atoms with van der Waals surface area (Å²) in [5.74, 6) is -0.743. The summed E-state index contributed by atoms with van der Waals surface area (Å²) in [5.41, 5.74) is -0.560. The first-order chi connectivity index (χ1) is 9.56. The Morgan fingerprint density at radius 3 is 2.50 bits per heavy atom. The average molecular weight is 268 g/mol. The smallest absolute Gasteiger partial charge is 0.333 e. The normalized spacial score (nSPS) is 13.0. The Bertz CT molecular complexity index is 649. The highest BCUT2D eigenvalue weighted by atomic mass is 16.4. The molecule has 6 heteroatoms. The van der Waals surface area contributed by atoms with Gasteiger partial charge in [0.1, 0.15) is 11.9 Å². The van der Waals surface area contributed by atoms with Gasteiger partial charge in [-0.15, -0.1) is 0 Å². The fourth-order valence-electron chi connectivity index (χ4n) is 1.73. The van der Waals surface area contributed by atoms with Gasteiger partial charge in [0.05, 0.1) is 12.4 Å². The topological polar surface area (TPSA) is 98.9 Å². The van der Waals surface area contributed by atoms with Gasteiger partial charge in [-0.3, -0.25) is 0 Å². The number of nitrogens with one attached hydrogen (secondary N) is 1. The molecule has 2 aromatic rings. The van der Waals surface area contributed by atoms with Crippen molar-refractivity contribution in [1.82, 2.24) is 9.97 Å². The Morgan fingerprint density at radius 2 is 2.00 bits per heavy atom. The standard InChI is InChI=1S/C14H12N4O2/c1-14(13(19)20,10-5-3-2-4-6-10)18-12-9-16-11(7-15)8-17-12/h2-6,8-9H,1H3,(H,17,18)(H,19,20). The first-order valence-electron chi connectivity index (χ1n) is 5.85. The van der Waals surface area contributed by atoms with Crippen LogP contribution in [0.5, 0.6) is 0 Å². The van der Waals surface area contributed by atoms with Crippen molar-refractivity contribution in [3.05, 3.63) is 54.0 Å². The van der Waals surface area contributed by atoms with Crippen LogP contribution in [-0.2, 0) is 10.3 Å². The SMILES string of the molecule is CC(Nc1cnc(C#N)cn1)(C(=O)O)c1ccccc1. The number of aliphatic carboxylic acids is 1. The lowest BCUT2D eigenvalue weighted by Gasteiger charge is -2.27. The third-order valence-electron chi connectivity index (χ3n) is 2.92. The van der Waals surface area contributed by atoms with E-state index >= 15 is 0 Å². The predicted octanol–water partition coefficient (Wildman–Crippen LogP) is 1.76. The van der Waals surface area contributed by atoms with Crippen molar-refractivity contribution in [3.8, 4) is 6.07 Å². The van der Waals surface area contributed by atoms with Crippen molar-refractivity contribution in [1.29, 1.82) is 5.26 Å². The fraction of sp³-hybridized carbons (Fsp3) is 0.143. The minimum Gasteiger partial charge on any atom is -0.479 e. The van der Waals surface area contributed by atoms with Gasteiger partial charge in [0.2, 0.25) is 0 Å². The van der Waals surface area contributed by atoms with Crippen LogP contribution in [0.1, 0.15) is 18.2 Å². The van der Waals surface area contributed by atoms with Crippen molar-refractivity contribution in [3.63, 3.8) is 0 Å². The lowest BCUT2D eigenvalue weighted by atomic mass is 9.92. The van der Waals surface area contributed by atoms with E-state index in [9.17, 15) is 9.90 Å². The van der Waals surface area contributed by atoms with Gasteiger partial charge in [0, 0.05) is 0 Å². The summed E-state index contributed by atoms with van der Waals surface area (Å²) in [6.07, 6.45) is 2.62. The van der Waals surface area contributed by atoms with Gasteiger partial charge in [0.25, 0.3) is 0 Å². The zero-order valence-electron chi connectivity index (χ0n) is 10.7. The van der Waals surface area contributed by atoms with Crippen molar-refractivity contribution in [2.45, 2.75) is 12.5 Å². The quantitative estimate of drug-likeness (QED) is 0.876. The summed E-state index contributed by atoms with van der Waals surface area (Å²) in [6, 6.07) is 10.6. The van der Waals surface area contributed by atoms with Crippen LogP contribution in [0.15, 0.2) is 42.7 Å². The largest absolute Gasteiger partial charge is 0.479 e. The monoisotopic (exact) mass is 268 g/mol. The Labute approximate surface area is 115 Å². The van der Waals surface area contributed by atoms with E-state index in [1.165, 1.54) is 12.4 Å². The Morgan fingerprint density at radius 1 is 1.30 bits per heavy atom. The second-order valence-corrected chi connectivity index (χ2v) is 4.32. The zero-order valence-corrected chi connectivity index (χ0v) is 10.7. The number of carboxylic acid groups (broad SMARTS) is 1. The first kappa shape index (κ1) is 13.5.